The highest BCUT2D eigenvalue weighted by Gasteiger charge is 2.12. The molecule has 0 radical (unpaired) electrons. The van der Waals surface area contributed by atoms with Crippen LogP contribution in [0.2, 0.25) is 0 Å². The second-order valence-electron chi connectivity index (χ2n) is 6.48. The second kappa shape index (κ2) is 6.99. The summed E-state index contributed by atoms with van der Waals surface area (Å²) in [5, 5.41) is 4.07. The van der Waals surface area contributed by atoms with E-state index in [2.05, 4.69) is 15.1 Å². The van der Waals surface area contributed by atoms with Crippen LogP contribution >= 0.6 is 0 Å². The monoisotopic (exact) mass is 358 g/mol. The lowest BCUT2D eigenvalue weighted by molar-refractivity contribution is 0.432. The maximum atomic E-state index is 12.2. The van der Waals surface area contributed by atoms with Crippen molar-refractivity contribution in [1.29, 1.82) is 0 Å². The minimum atomic E-state index is -0.0993. The molecule has 4 rings (SSSR count). The van der Waals surface area contributed by atoms with Crippen molar-refractivity contribution in [3.8, 4) is 22.8 Å². The molecule has 3 heterocycles. The molecule has 6 heteroatoms. The fourth-order valence-corrected chi connectivity index (χ4v) is 2.81. The average Bonchev–Trinajstić information content (AvgIpc) is 3.15. The molecule has 1 aromatic carbocycles. The first-order valence-corrected chi connectivity index (χ1v) is 8.62. The zero-order valence-corrected chi connectivity index (χ0v) is 15.1. The summed E-state index contributed by atoms with van der Waals surface area (Å²) in [6.45, 7) is 4.37. The number of nitrogens with zero attached hydrogens (tertiary/aromatic N) is 4. The first kappa shape index (κ1) is 16.9. The Morgan fingerprint density at radius 1 is 1.04 bits per heavy atom. The lowest BCUT2D eigenvalue weighted by atomic mass is 10.1. The summed E-state index contributed by atoms with van der Waals surface area (Å²) >= 11 is 0. The van der Waals surface area contributed by atoms with Gasteiger partial charge in [-0.05, 0) is 37.6 Å². The highest BCUT2D eigenvalue weighted by molar-refractivity contribution is 5.59. The van der Waals surface area contributed by atoms with E-state index in [-0.39, 0.29) is 5.56 Å². The van der Waals surface area contributed by atoms with Gasteiger partial charge in [0.1, 0.15) is 0 Å². The van der Waals surface area contributed by atoms with Crippen LogP contribution in [-0.2, 0) is 6.54 Å². The van der Waals surface area contributed by atoms with Crippen LogP contribution in [0.4, 0.5) is 0 Å². The molecule has 27 heavy (non-hydrogen) atoms. The maximum Gasteiger partial charge on any atom is 0.259 e. The molecule has 0 aliphatic carbocycles. The molecule has 0 amide bonds. The van der Waals surface area contributed by atoms with Gasteiger partial charge in [-0.3, -0.25) is 9.78 Å². The third-order valence-electron chi connectivity index (χ3n) is 4.26. The van der Waals surface area contributed by atoms with Gasteiger partial charge < -0.3 is 9.09 Å². The third-order valence-corrected chi connectivity index (χ3v) is 4.26. The van der Waals surface area contributed by atoms with Crippen LogP contribution in [-0.4, -0.2) is 19.7 Å². The highest BCUT2D eigenvalue weighted by Crippen LogP contribution is 2.22. The van der Waals surface area contributed by atoms with E-state index < -0.39 is 0 Å². The molecule has 0 unspecified atom stereocenters. The molecule has 0 bridgehead atoms. The number of aromatic nitrogens is 4. The van der Waals surface area contributed by atoms with Crippen LogP contribution in [0.3, 0.4) is 0 Å². The predicted molar refractivity (Wildman–Crippen MR) is 102 cm³/mol. The topological polar surface area (TPSA) is 73.8 Å². The Hall–Kier alpha value is -3.54. The van der Waals surface area contributed by atoms with Gasteiger partial charge in [-0.2, -0.15) is 4.98 Å². The van der Waals surface area contributed by atoms with E-state index >= 15 is 0 Å². The molecule has 0 atom stereocenters. The number of hydrogen-bond donors (Lipinski definition) is 0. The van der Waals surface area contributed by atoms with Gasteiger partial charge in [-0.25, -0.2) is 0 Å². The van der Waals surface area contributed by atoms with Crippen LogP contribution in [0.15, 0.2) is 70.2 Å². The average molecular weight is 358 g/mol. The molecule has 0 aliphatic heterocycles. The Bertz CT molecular complexity index is 1140. The van der Waals surface area contributed by atoms with Crippen molar-refractivity contribution in [2.24, 2.45) is 0 Å². The Balaban J connectivity index is 1.65. The minimum Gasteiger partial charge on any atom is -0.334 e. The van der Waals surface area contributed by atoms with Gasteiger partial charge in [-0.1, -0.05) is 35.0 Å². The van der Waals surface area contributed by atoms with Gasteiger partial charge in [-0.15, -0.1) is 0 Å². The zero-order chi connectivity index (χ0) is 18.8. The van der Waals surface area contributed by atoms with Gasteiger partial charge in [0.05, 0.1) is 12.1 Å². The normalized spacial score (nSPS) is 10.9. The van der Waals surface area contributed by atoms with E-state index in [9.17, 15) is 4.79 Å². The summed E-state index contributed by atoms with van der Waals surface area (Å²) in [4.78, 5) is 21.0. The van der Waals surface area contributed by atoms with Gasteiger partial charge in [0.15, 0.2) is 0 Å². The van der Waals surface area contributed by atoms with E-state index in [1.807, 2.05) is 50.2 Å². The molecule has 0 spiro atoms. The lowest BCUT2D eigenvalue weighted by Gasteiger charge is -2.06. The quantitative estimate of drug-likeness (QED) is 0.557. The zero-order valence-electron chi connectivity index (χ0n) is 15.1. The summed E-state index contributed by atoms with van der Waals surface area (Å²) in [5.74, 6) is 0.900. The van der Waals surface area contributed by atoms with Crippen molar-refractivity contribution in [3.05, 3.63) is 88.1 Å². The largest absolute Gasteiger partial charge is 0.334 e. The van der Waals surface area contributed by atoms with Gasteiger partial charge in [0.2, 0.25) is 5.82 Å². The Morgan fingerprint density at radius 3 is 2.70 bits per heavy atom. The van der Waals surface area contributed by atoms with E-state index in [0.717, 1.165) is 22.4 Å². The molecule has 6 nitrogen and oxygen atoms in total. The molecule has 4 aromatic rings. The van der Waals surface area contributed by atoms with Crippen LogP contribution in [0, 0.1) is 13.8 Å². The van der Waals surface area contributed by atoms with Crippen LogP contribution < -0.4 is 5.56 Å². The molecule has 0 aliphatic rings. The molecular formula is C21H18N4O2. The first-order valence-electron chi connectivity index (χ1n) is 8.62. The van der Waals surface area contributed by atoms with Crippen molar-refractivity contribution in [2.75, 3.05) is 0 Å². The molecule has 0 fully saturated rings. The van der Waals surface area contributed by atoms with Crippen LogP contribution in [0.5, 0.6) is 0 Å². The smallest absolute Gasteiger partial charge is 0.259 e. The number of benzene rings is 1. The van der Waals surface area contributed by atoms with Crippen molar-refractivity contribution in [1.82, 2.24) is 19.7 Å². The van der Waals surface area contributed by atoms with Crippen LogP contribution in [0.1, 0.15) is 16.8 Å². The molecule has 3 aromatic heterocycles. The fourth-order valence-electron chi connectivity index (χ4n) is 2.81. The van der Waals surface area contributed by atoms with Gasteiger partial charge in [0.25, 0.3) is 11.4 Å². The SMILES string of the molecule is Cc1cccc(-c2noc(-c3ccc(=O)n(Cc4ccc(C)nc4)c3)n2)c1. The minimum absolute atomic E-state index is 0.0993. The summed E-state index contributed by atoms with van der Waals surface area (Å²) in [5.41, 5.74) is 4.50. The number of pyridine rings is 2. The maximum absolute atomic E-state index is 12.2. The van der Waals surface area contributed by atoms with Crippen molar-refractivity contribution >= 4 is 0 Å². The van der Waals surface area contributed by atoms with E-state index in [1.165, 1.54) is 6.07 Å². The van der Waals surface area contributed by atoms with Crippen molar-refractivity contribution < 1.29 is 4.52 Å². The summed E-state index contributed by atoms with van der Waals surface area (Å²) < 4.78 is 7.03. The van der Waals surface area contributed by atoms with Gasteiger partial charge in [0, 0.05) is 29.7 Å². The predicted octanol–water partition coefficient (Wildman–Crippen LogP) is 3.63. The summed E-state index contributed by atoms with van der Waals surface area (Å²) in [7, 11) is 0. The number of rotatable bonds is 4. The Labute approximate surface area is 156 Å². The van der Waals surface area contributed by atoms with E-state index in [0.29, 0.717) is 23.8 Å². The standard InChI is InChI=1S/C21H18N4O2/c1-14-4-3-5-17(10-14)20-23-21(27-24-20)18-8-9-19(26)25(13-18)12-16-7-6-15(2)22-11-16/h3-11,13H,12H2,1-2H3. The molecule has 134 valence electrons. The lowest BCUT2D eigenvalue weighted by Crippen LogP contribution is -2.19. The summed E-state index contributed by atoms with van der Waals surface area (Å²) in [6.07, 6.45) is 3.51. The number of aryl methyl sites for hydroxylation is 2. The van der Waals surface area contributed by atoms with Crippen molar-refractivity contribution in [3.63, 3.8) is 0 Å². The first-order chi connectivity index (χ1) is 13.1. The van der Waals surface area contributed by atoms with E-state index in [4.69, 9.17) is 4.52 Å². The highest BCUT2D eigenvalue weighted by atomic mass is 16.5. The Morgan fingerprint density at radius 2 is 1.93 bits per heavy atom. The van der Waals surface area contributed by atoms with Gasteiger partial charge >= 0.3 is 0 Å². The second-order valence-corrected chi connectivity index (χ2v) is 6.48. The molecular weight excluding hydrogens is 340 g/mol. The fraction of sp³-hybridized carbons (Fsp3) is 0.143. The molecule has 0 N–H and O–H groups in total. The number of hydrogen-bond acceptors (Lipinski definition) is 5. The third kappa shape index (κ3) is 3.69. The molecule has 0 saturated carbocycles. The van der Waals surface area contributed by atoms with Crippen molar-refractivity contribution in [2.45, 2.75) is 20.4 Å². The van der Waals surface area contributed by atoms with E-state index in [1.54, 1.807) is 23.0 Å². The summed E-state index contributed by atoms with van der Waals surface area (Å²) in [6, 6.07) is 15.0. The Kier molecular flexibility index (Phi) is 4.38. The molecule has 0 saturated heterocycles. The van der Waals surface area contributed by atoms with Crippen LogP contribution in [0.25, 0.3) is 22.8 Å².